The molecule has 4 nitrogen and oxygen atoms in total. The third-order valence-corrected chi connectivity index (χ3v) is 4.55. The number of nitrogens with zero attached hydrogens (tertiary/aromatic N) is 2. The van der Waals surface area contributed by atoms with Crippen LogP contribution >= 0.6 is 11.6 Å². The Bertz CT molecular complexity index is 641. The van der Waals surface area contributed by atoms with Crippen molar-refractivity contribution in [3.05, 3.63) is 35.0 Å². The fraction of sp³-hybridized carbons (Fsp3) is 0.471. The molecule has 0 radical (unpaired) electrons. The van der Waals surface area contributed by atoms with Crippen molar-refractivity contribution >= 4 is 22.5 Å². The number of fused-ring (bicyclic) bond motifs is 1. The van der Waals surface area contributed by atoms with Crippen LogP contribution in [-0.4, -0.2) is 41.2 Å². The summed E-state index contributed by atoms with van der Waals surface area (Å²) < 4.78 is 0. The van der Waals surface area contributed by atoms with E-state index in [-0.39, 0.29) is 5.75 Å². The van der Waals surface area contributed by atoms with Gasteiger partial charge in [-0.2, -0.15) is 0 Å². The molecular formula is C17H22ClN3O. The van der Waals surface area contributed by atoms with Crippen LogP contribution in [-0.2, 0) is 6.54 Å². The zero-order valence-electron chi connectivity index (χ0n) is 12.7. The maximum atomic E-state index is 10.3. The van der Waals surface area contributed by atoms with Crippen LogP contribution in [0.2, 0.25) is 5.02 Å². The number of halogens is 1. The molecule has 2 aromatic rings. The summed E-state index contributed by atoms with van der Waals surface area (Å²) in [7, 11) is 0. The van der Waals surface area contributed by atoms with E-state index >= 15 is 0 Å². The Morgan fingerprint density at radius 3 is 2.95 bits per heavy atom. The molecule has 1 aromatic heterocycles. The van der Waals surface area contributed by atoms with Crippen molar-refractivity contribution in [3.8, 4) is 5.75 Å². The number of likely N-dealkylation sites (tertiary alicyclic amines) is 1. The van der Waals surface area contributed by atoms with E-state index in [1.54, 1.807) is 6.20 Å². The van der Waals surface area contributed by atoms with Crippen molar-refractivity contribution in [2.75, 3.05) is 26.2 Å². The molecule has 1 aromatic carbocycles. The predicted octanol–water partition coefficient (Wildman–Crippen LogP) is 3.17. The minimum absolute atomic E-state index is 0.229. The number of phenols is 1. The average Bonchev–Trinajstić information content (AvgIpc) is 3.05. The van der Waals surface area contributed by atoms with Gasteiger partial charge in [0.05, 0.1) is 5.02 Å². The highest BCUT2D eigenvalue weighted by molar-refractivity contribution is 6.35. The molecule has 2 N–H and O–H groups in total. The van der Waals surface area contributed by atoms with E-state index in [2.05, 4.69) is 15.2 Å². The van der Waals surface area contributed by atoms with Crippen LogP contribution in [0.15, 0.2) is 24.4 Å². The maximum absolute atomic E-state index is 10.3. The van der Waals surface area contributed by atoms with Crippen molar-refractivity contribution < 1.29 is 5.11 Å². The summed E-state index contributed by atoms with van der Waals surface area (Å²) in [5, 5.41) is 15.1. The number of hydrogen-bond donors (Lipinski definition) is 2. The first-order valence-electron chi connectivity index (χ1n) is 7.94. The molecule has 1 fully saturated rings. The maximum Gasteiger partial charge on any atom is 0.146 e. The van der Waals surface area contributed by atoms with Gasteiger partial charge < -0.3 is 15.3 Å². The topological polar surface area (TPSA) is 48.4 Å². The summed E-state index contributed by atoms with van der Waals surface area (Å²) in [6.45, 7) is 5.18. The van der Waals surface area contributed by atoms with E-state index in [0.29, 0.717) is 17.1 Å². The van der Waals surface area contributed by atoms with Crippen LogP contribution in [0.25, 0.3) is 10.9 Å². The van der Waals surface area contributed by atoms with E-state index in [0.717, 1.165) is 30.5 Å². The SMILES string of the molecule is Oc1c(CNCCCN2CCCC2)cc(Cl)c2cccnc12. The molecule has 0 bridgehead atoms. The summed E-state index contributed by atoms with van der Waals surface area (Å²) >= 11 is 6.27. The van der Waals surface area contributed by atoms with Gasteiger partial charge >= 0.3 is 0 Å². The van der Waals surface area contributed by atoms with Gasteiger partial charge in [0.2, 0.25) is 0 Å². The normalized spacial score (nSPS) is 15.7. The number of benzene rings is 1. The highest BCUT2D eigenvalue weighted by atomic mass is 35.5. The molecule has 1 aliphatic heterocycles. The molecule has 0 aliphatic carbocycles. The monoisotopic (exact) mass is 319 g/mol. The molecule has 2 heterocycles. The lowest BCUT2D eigenvalue weighted by Crippen LogP contribution is -2.24. The number of aromatic hydroxyl groups is 1. The molecule has 0 saturated carbocycles. The van der Waals surface area contributed by atoms with Crippen LogP contribution in [0.1, 0.15) is 24.8 Å². The molecule has 0 spiro atoms. The van der Waals surface area contributed by atoms with Gasteiger partial charge in [-0.25, -0.2) is 0 Å². The number of hydrogen-bond acceptors (Lipinski definition) is 4. The van der Waals surface area contributed by atoms with Gasteiger partial charge in [0, 0.05) is 23.7 Å². The van der Waals surface area contributed by atoms with Gasteiger partial charge in [0.15, 0.2) is 0 Å². The summed E-state index contributed by atoms with van der Waals surface area (Å²) in [5.41, 5.74) is 1.38. The fourth-order valence-electron chi connectivity index (χ4n) is 3.03. The van der Waals surface area contributed by atoms with Crippen LogP contribution in [0, 0.1) is 0 Å². The van der Waals surface area contributed by atoms with E-state index in [1.165, 1.54) is 25.9 Å². The first-order chi connectivity index (χ1) is 10.8. The first kappa shape index (κ1) is 15.5. The quantitative estimate of drug-likeness (QED) is 0.803. The highest BCUT2D eigenvalue weighted by Gasteiger charge is 2.12. The minimum atomic E-state index is 0.229. The van der Waals surface area contributed by atoms with Gasteiger partial charge in [-0.1, -0.05) is 11.6 Å². The fourth-order valence-corrected chi connectivity index (χ4v) is 3.31. The second-order valence-corrected chi connectivity index (χ2v) is 6.25. The molecule has 1 aliphatic rings. The highest BCUT2D eigenvalue weighted by Crippen LogP contribution is 2.32. The molecular weight excluding hydrogens is 298 g/mol. The number of aromatic nitrogens is 1. The van der Waals surface area contributed by atoms with E-state index < -0.39 is 0 Å². The summed E-state index contributed by atoms with van der Waals surface area (Å²) in [5.74, 6) is 0.229. The van der Waals surface area contributed by atoms with Crippen molar-refractivity contribution in [1.29, 1.82) is 0 Å². The lowest BCUT2D eigenvalue weighted by molar-refractivity contribution is 0.331. The largest absolute Gasteiger partial charge is 0.505 e. The van der Waals surface area contributed by atoms with Crippen LogP contribution < -0.4 is 5.32 Å². The first-order valence-corrected chi connectivity index (χ1v) is 8.31. The number of phenolic OH excluding ortho intramolecular Hbond substituents is 1. The van der Waals surface area contributed by atoms with Crippen LogP contribution in [0.4, 0.5) is 0 Å². The number of pyridine rings is 1. The molecule has 1 saturated heterocycles. The zero-order chi connectivity index (χ0) is 15.4. The van der Waals surface area contributed by atoms with Gasteiger partial charge in [0.1, 0.15) is 11.3 Å². The number of rotatable bonds is 6. The molecule has 0 atom stereocenters. The van der Waals surface area contributed by atoms with Crippen molar-refractivity contribution in [3.63, 3.8) is 0 Å². The van der Waals surface area contributed by atoms with Crippen LogP contribution in [0.3, 0.4) is 0 Å². The Labute approximate surface area is 136 Å². The standard InChI is InChI=1S/C17H22ClN3O/c18-15-11-13(17(22)16-14(15)5-3-7-20-16)12-19-6-4-10-21-8-1-2-9-21/h3,5,7,11,19,22H,1-2,4,6,8-10,12H2. The van der Waals surface area contributed by atoms with E-state index in [9.17, 15) is 5.11 Å². The second-order valence-electron chi connectivity index (χ2n) is 5.84. The van der Waals surface area contributed by atoms with Gasteiger partial charge in [-0.15, -0.1) is 0 Å². The zero-order valence-corrected chi connectivity index (χ0v) is 13.4. The summed E-state index contributed by atoms with van der Waals surface area (Å²) in [6.07, 6.45) is 5.47. The third-order valence-electron chi connectivity index (χ3n) is 4.24. The number of nitrogens with one attached hydrogen (secondary N) is 1. The molecule has 5 heteroatoms. The average molecular weight is 320 g/mol. The van der Waals surface area contributed by atoms with E-state index in [1.807, 2.05) is 18.2 Å². The third kappa shape index (κ3) is 3.51. The summed E-state index contributed by atoms with van der Waals surface area (Å²) in [6, 6.07) is 5.52. The minimum Gasteiger partial charge on any atom is -0.505 e. The lowest BCUT2D eigenvalue weighted by atomic mass is 10.1. The smallest absolute Gasteiger partial charge is 0.146 e. The second kappa shape index (κ2) is 7.27. The molecule has 22 heavy (non-hydrogen) atoms. The van der Waals surface area contributed by atoms with Crippen molar-refractivity contribution in [2.45, 2.75) is 25.8 Å². The molecule has 0 amide bonds. The lowest BCUT2D eigenvalue weighted by Gasteiger charge is -2.14. The van der Waals surface area contributed by atoms with Gasteiger partial charge in [-0.05, 0) is 63.6 Å². The Morgan fingerprint density at radius 2 is 2.14 bits per heavy atom. The molecule has 0 unspecified atom stereocenters. The Hall–Kier alpha value is -1.36. The Kier molecular flexibility index (Phi) is 5.13. The van der Waals surface area contributed by atoms with Crippen LogP contribution in [0.5, 0.6) is 5.75 Å². The van der Waals surface area contributed by atoms with Crippen molar-refractivity contribution in [1.82, 2.24) is 15.2 Å². The Morgan fingerprint density at radius 1 is 1.32 bits per heavy atom. The van der Waals surface area contributed by atoms with Crippen molar-refractivity contribution in [2.24, 2.45) is 0 Å². The predicted molar refractivity (Wildman–Crippen MR) is 90.4 cm³/mol. The van der Waals surface area contributed by atoms with Gasteiger partial charge in [-0.3, -0.25) is 4.98 Å². The van der Waals surface area contributed by atoms with Gasteiger partial charge in [0.25, 0.3) is 0 Å². The Balaban J connectivity index is 1.56. The molecule has 3 rings (SSSR count). The van der Waals surface area contributed by atoms with E-state index in [4.69, 9.17) is 11.6 Å². The molecule has 118 valence electrons. The summed E-state index contributed by atoms with van der Waals surface area (Å²) in [4.78, 5) is 6.74.